The van der Waals surface area contributed by atoms with Gasteiger partial charge in [-0.3, -0.25) is 4.79 Å². The second-order valence-electron chi connectivity index (χ2n) is 4.67. The summed E-state index contributed by atoms with van der Waals surface area (Å²) in [5.74, 6) is -0.878. The van der Waals surface area contributed by atoms with Crippen molar-refractivity contribution < 1.29 is 19.0 Å². The van der Waals surface area contributed by atoms with Gasteiger partial charge in [-0.25, -0.2) is 4.39 Å². The number of carboxylic acid groups (broad SMARTS) is 1. The molecule has 0 spiro atoms. The van der Waals surface area contributed by atoms with Gasteiger partial charge in [-0.05, 0) is 35.4 Å². The number of carboxylic acids is 1. The number of ether oxygens (including phenoxy) is 1. The zero-order valence-electron chi connectivity index (χ0n) is 11.5. The number of hydrogen-bond acceptors (Lipinski definition) is 3. The lowest BCUT2D eigenvalue weighted by atomic mass is 9.97. The Morgan fingerprint density at radius 3 is 2.67 bits per heavy atom. The molecule has 5 heteroatoms. The molecule has 0 bridgehead atoms. The lowest BCUT2D eigenvalue weighted by molar-refractivity contribution is -0.137. The first kappa shape index (κ1) is 15.0. The highest BCUT2D eigenvalue weighted by Gasteiger charge is 2.16. The van der Waals surface area contributed by atoms with Crippen LogP contribution in [0.5, 0.6) is 5.75 Å². The van der Waals surface area contributed by atoms with Gasteiger partial charge in [0, 0.05) is 11.6 Å². The van der Waals surface area contributed by atoms with Gasteiger partial charge in [-0.1, -0.05) is 18.2 Å². The number of halogens is 1. The van der Waals surface area contributed by atoms with Gasteiger partial charge in [-0.15, -0.1) is 0 Å². The molecule has 0 amide bonds. The van der Waals surface area contributed by atoms with Gasteiger partial charge < -0.3 is 15.6 Å². The summed E-state index contributed by atoms with van der Waals surface area (Å²) in [7, 11) is 1.57. The number of methoxy groups -OCH3 is 1. The molecule has 21 heavy (non-hydrogen) atoms. The van der Waals surface area contributed by atoms with Crippen LogP contribution >= 0.6 is 0 Å². The van der Waals surface area contributed by atoms with Crippen molar-refractivity contribution in [1.82, 2.24) is 0 Å². The second-order valence-corrected chi connectivity index (χ2v) is 4.67. The van der Waals surface area contributed by atoms with E-state index < -0.39 is 17.8 Å². The average Bonchev–Trinajstić information content (AvgIpc) is 2.47. The van der Waals surface area contributed by atoms with E-state index in [0.29, 0.717) is 5.75 Å². The normalized spacial score (nSPS) is 12.0. The molecule has 1 atom stereocenters. The minimum Gasteiger partial charge on any atom is -0.497 e. The molecule has 4 nitrogen and oxygen atoms in total. The zero-order chi connectivity index (χ0) is 15.4. The average molecular weight is 289 g/mol. The molecule has 2 aromatic carbocycles. The number of rotatable bonds is 5. The van der Waals surface area contributed by atoms with Crippen LogP contribution in [0.3, 0.4) is 0 Å². The van der Waals surface area contributed by atoms with Crippen molar-refractivity contribution >= 4 is 5.97 Å². The largest absolute Gasteiger partial charge is 0.497 e. The smallest absolute Gasteiger partial charge is 0.305 e. The maximum Gasteiger partial charge on any atom is 0.305 e. The highest BCUT2D eigenvalue weighted by atomic mass is 19.1. The first-order chi connectivity index (χ1) is 10.0. The number of aliphatic carboxylic acids is 1. The fourth-order valence-corrected chi connectivity index (χ4v) is 2.11. The maximum atomic E-state index is 13.8. The van der Waals surface area contributed by atoms with E-state index in [9.17, 15) is 9.18 Å². The molecule has 0 heterocycles. The Morgan fingerprint density at radius 1 is 1.29 bits per heavy atom. The summed E-state index contributed by atoms with van der Waals surface area (Å²) in [6.45, 7) is 0. The number of benzene rings is 2. The van der Waals surface area contributed by atoms with Crippen molar-refractivity contribution in [1.29, 1.82) is 0 Å². The summed E-state index contributed by atoms with van der Waals surface area (Å²) in [6, 6.07) is 10.9. The van der Waals surface area contributed by atoms with Gasteiger partial charge in [0.1, 0.15) is 11.6 Å². The van der Waals surface area contributed by atoms with Crippen molar-refractivity contribution in [2.75, 3.05) is 7.11 Å². The maximum absolute atomic E-state index is 13.8. The van der Waals surface area contributed by atoms with E-state index >= 15 is 0 Å². The fraction of sp³-hybridized carbons (Fsp3) is 0.188. The van der Waals surface area contributed by atoms with Gasteiger partial charge >= 0.3 is 5.97 Å². The van der Waals surface area contributed by atoms with Gasteiger partial charge in [-0.2, -0.15) is 0 Å². The summed E-state index contributed by atoms with van der Waals surface area (Å²) in [4.78, 5) is 10.7. The molecule has 0 aliphatic rings. The van der Waals surface area contributed by atoms with Crippen molar-refractivity contribution in [3.63, 3.8) is 0 Å². The lowest BCUT2D eigenvalue weighted by Gasteiger charge is -2.13. The van der Waals surface area contributed by atoms with Crippen molar-refractivity contribution in [2.24, 2.45) is 5.73 Å². The number of hydrogen-bond donors (Lipinski definition) is 2. The molecule has 0 saturated heterocycles. The quantitative estimate of drug-likeness (QED) is 0.887. The molecule has 110 valence electrons. The predicted octanol–water partition coefficient (Wildman–Crippen LogP) is 2.98. The molecular formula is C16H16FNO3. The van der Waals surface area contributed by atoms with Crippen LogP contribution in [0.1, 0.15) is 18.0 Å². The molecule has 2 rings (SSSR count). The molecule has 0 saturated carbocycles. The minimum absolute atomic E-state index is 0.192. The van der Waals surface area contributed by atoms with Crippen LogP contribution < -0.4 is 10.5 Å². The minimum atomic E-state index is -1.06. The van der Waals surface area contributed by atoms with Gasteiger partial charge in [0.15, 0.2) is 0 Å². The highest BCUT2D eigenvalue weighted by molar-refractivity contribution is 5.69. The van der Waals surface area contributed by atoms with E-state index in [4.69, 9.17) is 15.6 Å². The standard InChI is InChI=1S/C16H16FNO3/c1-21-12-4-2-3-10(7-12)11-5-6-14(17)13(8-11)15(18)9-16(19)20/h2-8,15H,9,18H2,1H3,(H,19,20). The second kappa shape index (κ2) is 6.37. The van der Waals surface area contributed by atoms with E-state index in [1.807, 2.05) is 24.3 Å². The van der Waals surface area contributed by atoms with E-state index in [1.54, 1.807) is 19.2 Å². The Bertz CT molecular complexity index is 658. The van der Waals surface area contributed by atoms with E-state index in [1.165, 1.54) is 6.07 Å². The van der Waals surface area contributed by atoms with Crippen molar-refractivity contribution in [3.8, 4) is 16.9 Å². The molecule has 0 aliphatic heterocycles. The van der Waals surface area contributed by atoms with Gasteiger partial charge in [0.25, 0.3) is 0 Å². The van der Waals surface area contributed by atoms with Crippen LogP contribution in [0.25, 0.3) is 11.1 Å². The number of nitrogens with two attached hydrogens (primary N) is 1. The summed E-state index contributed by atoms with van der Waals surface area (Å²) in [5.41, 5.74) is 7.55. The SMILES string of the molecule is COc1cccc(-c2ccc(F)c(C(N)CC(=O)O)c2)c1. The van der Waals surface area contributed by atoms with E-state index in [0.717, 1.165) is 11.1 Å². The summed E-state index contributed by atoms with van der Waals surface area (Å²) in [6.07, 6.45) is -0.321. The van der Waals surface area contributed by atoms with E-state index in [2.05, 4.69) is 0 Å². The van der Waals surface area contributed by atoms with Crippen LogP contribution in [0.2, 0.25) is 0 Å². The molecule has 0 radical (unpaired) electrons. The van der Waals surface area contributed by atoms with Crippen LogP contribution in [-0.2, 0) is 4.79 Å². The Kier molecular flexibility index (Phi) is 4.55. The predicted molar refractivity (Wildman–Crippen MR) is 77.6 cm³/mol. The zero-order valence-corrected chi connectivity index (χ0v) is 11.5. The Hall–Kier alpha value is -2.40. The highest BCUT2D eigenvalue weighted by Crippen LogP contribution is 2.28. The van der Waals surface area contributed by atoms with Crippen molar-refractivity contribution in [3.05, 3.63) is 53.8 Å². The molecule has 3 N–H and O–H groups in total. The first-order valence-electron chi connectivity index (χ1n) is 6.42. The third-order valence-corrected chi connectivity index (χ3v) is 3.19. The summed E-state index contributed by atoms with van der Waals surface area (Å²) in [5, 5.41) is 8.77. The monoisotopic (exact) mass is 289 g/mol. The number of carbonyl (C=O) groups is 1. The Morgan fingerprint density at radius 2 is 2.00 bits per heavy atom. The molecule has 0 aromatic heterocycles. The third kappa shape index (κ3) is 3.58. The van der Waals surface area contributed by atoms with Gasteiger partial charge in [0.2, 0.25) is 0 Å². The first-order valence-corrected chi connectivity index (χ1v) is 6.42. The molecule has 0 fully saturated rings. The molecular weight excluding hydrogens is 273 g/mol. The topological polar surface area (TPSA) is 72.5 Å². The summed E-state index contributed by atoms with van der Waals surface area (Å²) < 4.78 is 19.0. The third-order valence-electron chi connectivity index (χ3n) is 3.19. The van der Waals surface area contributed by atoms with Crippen LogP contribution in [-0.4, -0.2) is 18.2 Å². The van der Waals surface area contributed by atoms with Crippen LogP contribution in [0, 0.1) is 5.82 Å². The van der Waals surface area contributed by atoms with Crippen LogP contribution in [0.4, 0.5) is 4.39 Å². The Balaban J connectivity index is 2.39. The molecule has 2 aromatic rings. The summed E-state index contributed by atoms with van der Waals surface area (Å²) >= 11 is 0. The molecule has 0 aliphatic carbocycles. The Labute approximate surface area is 122 Å². The lowest BCUT2D eigenvalue weighted by Crippen LogP contribution is -2.16. The van der Waals surface area contributed by atoms with E-state index in [-0.39, 0.29) is 12.0 Å². The molecule has 1 unspecified atom stereocenters. The fourth-order valence-electron chi connectivity index (χ4n) is 2.11. The van der Waals surface area contributed by atoms with Gasteiger partial charge in [0.05, 0.1) is 13.5 Å². The van der Waals surface area contributed by atoms with Crippen molar-refractivity contribution in [2.45, 2.75) is 12.5 Å². The van der Waals surface area contributed by atoms with Crippen LogP contribution in [0.15, 0.2) is 42.5 Å².